The molecule has 0 spiro atoms. The predicted molar refractivity (Wildman–Crippen MR) is 68.0 cm³/mol. The van der Waals surface area contributed by atoms with Crippen molar-refractivity contribution in [1.29, 1.82) is 0 Å². The Labute approximate surface area is 107 Å². The largest absolute Gasteiger partial charge is 0.496 e. The van der Waals surface area contributed by atoms with Gasteiger partial charge in [-0.3, -0.25) is 4.79 Å². The number of carboxylic acids is 1. The van der Waals surface area contributed by atoms with Crippen LogP contribution in [0.1, 0.15) is 31.4 Å². The molecule has 18 heavy (non-hydrogen) atoms. The van der Waals surface area contributed by atoms with Crippen LogP contribution < -0.4 is 15.2 Å². The number of rotatable bonds is 7. The smallest absolute Gasteiger partial charge is 0.303 e. The second kappa shape index (κ2) is 6.86. The number of ether oxygens (including phenoxy) is 2. The average molecular weight is 253 g/mol. The van der Waals surface area contributed by atoms with Crippen LogP contribution >= 0.6 is 0 Å². The van der Waals surface area contributed by atoms with Gasteiger partial charge in [0.25, 0.3) is 0 Å². The van der Waals surface area contributed by atoms with Gasteiger partial charge in [-0.2, -0.15) is 0 Å². The molecule has 0 amide bonds. The molecule has 0 aliphatic carbocycles. The Bertz CT molecular complexity index is 406. The van der Waals surface area contributed by atoms with Crippen LogP contribution in [0.3, 0.4) is 0 Å². The Morgan fingerprint density at radius 3 is 2.67 bits per heavy atom. The van der Waals surface area contributed by atoms with Gasteiger partial charge in [0, 0.05) is 12.5 Å². The van der Waals surface area contributed by atoms with E-state index in [-0.39, 0.29) is 6.42 Å². The van der Waals surface area contributed by atoms with Crippen LogP contribution in [0, 0.1) is 0 Å². The van der Waals surface area contributed by atoms with Crippen molar-refractivity contribution in [2.24, 2.45) is 5.73 Å². The number of methoxy groups -OCH3 is 1. The molecule has 5 heteroatoms. The van der Waals surface area contributed by atoms with E-state index >= 15 is 0 Å². The van der Waals surface area contributed by atoms with Crippen LogP contribution in [0.4, 0.5) is 0 Å². The van der Waals surface area contributed by atoms with Gasteiger partial charge in [0.05, 0.1) is 19.3 Å². The van der Waals surface area contributed by atoms with Gasteiger partial charge >= 0.3 is 5.97 Å². The summed E-state index contributed by atoms with van der Waals surface area (Å²) in [6.07, 6.45) is 0.362. The number of hydrogen-bond donors (Lipinski definition) is 2. The van der Waals surface area contributed by atoms with Gasteiger partial charge in [-0.25, -0.2) is 0 Å². The Hall–Kier alpha value is -1.75. The normalized spacial score (nSPS) is 11.9. The summed E-state index contributed by atoms with van der Waals surface area (Å²) in [6, 6.07) is 5.00. The predicted octanol–water partition coefficient (Wildman–Crippen LogP) is 1.96. The summed E-state index contributed by atoms with van der Waals surface area (Å²) in [5, 5.41) is 8.69. The molecule has 5 nitrogen and oxygen atoms in total. The Morgan fingerprint density at radius 2 is 2.11 bits per heavy atom. The quantitative estimate of drug-likeness (QED) is 0.776. The third-order valence-electron chi connectivity index (χ3n) is 2.59. The Kier molecular flexibility index (Phi) is 5.45. The molecule has 0 aliphatic heterocycles. The average Bonchev–Trinajstić information content (AvgIpc) is 2.36. The molecule has 1 aromatic rings. The summed E-state index contributed by atoms with van der Waals surface area (Å²) in [6.45, 7) is 2.40. The highest BCUT2D eigenvalue weighted by atomic mass is 16.5. The monoisotopic (exact) mass is 253 g/mol. The zero-order chi connectivity index (χ0) is 13.5. The lowest BCUT2D eigenvalue weighted by molar-refractivity contribution is -0.137. The fraction of sp³-hybridized carbons (Fsp3) is 0.462. The van der Waals surface area contributed by atoms with E-state index in [1.54, 1.807) is 13.2 Å². The molecule has 1 atom stereocenters. The molecule has 0 saturated heterocycles. The molecular formula is C13H19NO4. The summed E-state index contributed by atoms with van der Waals surface area (Å²) in [4.78, 5) is 10.6. The first kappa shape index (κ1) is 14.3. The zero-order valence-electron chi connectivity index (χ0n) is 10.7. The minimum absolute atomic E-state index is 0.0186. The third-order valence-corrected chi connectivity index (χ3v) is 2.59. The van der Waals surface area contributed by atoms with E-state index in [0.717, 1.165) is 5.56 Å². The van der Waals surface area contributed by atoms with Crippen LogP contribution in [0.15, 0.2) is 18.2 Å². The molecule has 0 aromatic heterocycles. The summed E-state index contributed by atoms with van der Waals surface area (Å²) >= 11 is 0. The molecule has 0 aliphatic rings. The van der Waals surface area contributed by atoms with Crippen molar-refractivity contribution in [3.8, 4) is 11.5 Å². The highest BCUT2D eigenvalue weighted by molar-refractivity contribution is 5.66. The molecule has 0 fully saturated rings. The molecular weight excluding hydrogens is 234 g/mol. The third kappa shape index (κ3) is 3.63. The van der Waals surface area contributed by atoms with E-state index in [1.807, 2.05) is 19.1 Å². The van der Waals surface area contributed by atoms with Crippen molar-refractivity contribution in [3.63, 3.8) is 0 Å². The number of carbonyl (C=O) groups is 1. The van der Waals surface area contributed by atoms with Crippen molar-refractivity contribution in [2.75, 3.05) is 13.7 Å². The van der Waals surface area contributed by atoms with Crippen LogP contribution in [0.25, 0.3) is 0 Å². The van der Waals surface area contributed by atoms with Gasteiger partial charge in [-0.05, 0) is 25.5 Å². The molecule has 1 unspecified atom stereocenters. The number of nitrogens with two attached hydrogens (primary N) is 1. The first-order valence-electron chi connectivity index (χ1n) is 5.87. The van der Waals surface area contributed by atoms with E-state index in [2.05, 4.69) is 0 Å². The van der Waals surface area contributed by atoms with Crippen LogP contribution in [-0.4, -0.2) is 24.8 Å². The van der Waals surface area contributed by atoms with E-state index in [4.69, 9.17) is 20.3 Å². The maximum Gasteiger partial charge on any atom is 0.303 e. The van der Waals surface area contributed by atoms with Crippen LogP contribution in [0.5, 0.6) is 11.5 Å². The molecule has 0 heterocycles. The highest BCUT2D eigenvalue weighted by Gasteiger charge is 2.18. The maximum absolute atomic E-state index is 10.6. The van der Waals surface area contributed by atoms with Gasteiger partial charge < -0.3 is 20.3 Å². The van der Waals surface area contributed by atoms with Crippen molar-refractivity contribution in [3.05, 3.63) is 23.8 Å². The second-order valence-corrected chi connectivity index (χ2v) is 3.84. The first-order valence-corrected chi connectivity index (χ1v) is 5.87. The highest BCUT2D eigenvalue weighted by Crippen LogP contribution is 2.34. The lowest BCUT2D eigenvalue weighted by Gasteiger charge is -2.19. The molecule has 0 radical (unpaired) electrons. The number of carboxylic acid groups (broad SMARTS) is 1. The molecule has 0 bridgehead atoms. The topological polar surface area (TPSA) is 81.8 Å². The standard InChI is InChI=1S/C13H19NO4/c1-3-18-11-6-4-5-10(17-2)13(11)9(14)7-8-12(15)16/h4-6,9H,3,7-8,14H2,1-2H3,(H,15,16). The van der Waals surface area contributed by atoms with E-state index in [1.165, 1.54) is 0 Å². The van der Waals surface area contributed by atoms with E-state index in [9.17, 15) is 4.79 Å². The number of aliphatic carboxylic acids is 1. The van der Waals surface area contributed by atoms with E-state index in [0.29, 0.717) is 24.5 Å². The van der Waals surface area contributed by atoms with Gasteiger partial charge in [0.2, 0.25) is 0 Å². The van der Waals surface area contributed by atoms with Crippen molar-refractivity contribution < 1.29 is 19.4 Å². The fourth-order valence-corrected chi connectivity index (χ4v) is 1.77. The summed E-state index contributed by atoms with van der Waals surface area (Å²) in [5.41, 5.74) is 6.75. The van der Waals surface area contributed by atoms with Gasteiger partial charge in [-0.15, -0.1) is 0 Å². The number of hydrogen-bond acceptors (Lipinski definition) is 4. The minimum atomic E-state index is -0.863. The first-order chi connectivity index (χ1) is 8.60. The summed E-state index contributed by atoms with van der Waals surface area (Å²) < 4.78 is 10.8. The summed E-state index contributed by atoms with van der Waals surface area (Å²) in [5.74, 6) is 0.409. The minimum Gasteiger partial charge on any atom is -0.496 e. The Morgan fingerprint density at radius 1 is 1.44 bits per heavy atom. The molecule has 1 aromatic carbocycles. The number of benzene rings is 1. The van der Waals surface area contributed by atoms with Crippen LogP contribution in [0.2, 0.25) is 0 Å². The molecule has 3 N–H and O–H groups in total. The van der Waals surface area contributed by atoms with Crippen molar-refractivity contribution >= 4 is 5.97 Å². The SMILES string of the molecule is CCOc1cccc(OC)c1C(N)CCC(=O)O. The summed E-state index contributed by atoms with van der Waals surface area (Å²) in [7, 11) is 1.55. The maximum atomic E-state index is 10.6. The second-order valence-electron chi connectivity index (χ2n) is 3.84. The van der Waals surface area contributed by atoms with Crippen molar-refractivity contribution in [2.45, 2.75) is 25.8 Å². The molecule has 0 saturated carbocycles. The molecule has 1 rings (SSSR count). The van der Waals surface area contributed by atoms with E-state index < -0.39 is 12.0 Å². The lowest BCUT2D eigenvalue weighted by atomic mass is 10.0. The van der Waals surface area contributed by atoms with Gasteiger partial charge in [-0.1, -0.05) is 6.07 Å². The Balaban J connectivity index is 2.98. The zero-order valence-corrected chi connectivity index (χ0v) is 10.7. The van der Waals surface area contributed by atoms with Crippen LogP contribution in [-0.2, 0) is 4.79 Å². The van der Waals surface area contributed by atoms with Gasteiger partial charge in [0.1, 0.15) is 11.5 Å². The lowest BCUT2D eigenvalue weighted by Crippen LogP contribution is -2.15. The molecule has 100 valence electrons. The van der Waals surface area contributed by atoms with Gasteiger partial charge in [0.15, 0.2) is 0 Å². The fourth-order valence-electron chi connectivity index (χ4n) is 1.77. The van der Waals surface area contributed by atoms with Crippen molar-refractivity contribution in [1.82, 2.24) is 0 Å².